The van der Waals surface area contributed by atoms with Crippen molar-refractivity contribution in [3.8, 4) is 0 Å². The largest absolute Gasteiger partial charge is 0.385 e. The molecule has 0 spiro atoms. The maximum atomic E-state index is 13.6. The van der Waals surface area contributed by atoms with E-state index < -0.39 is 11.0 Å². The average Bonchev–Trinajstić information content (AvgIpc) is 2.87. The number of non-ortho nitro benzene ring substituents is 1. The summed E-state index contributed by atoms with van der Waals surface area (Å²) in [7, 11) is 3.15. The number of nitro benzene ring substituents is 1. The van der Waals surface area contributed by atoms with E-state index in [4.69, 9.17) is 14.5 Å². The Bertz CT molecular complexity index is 1220. The Morgan fingerprint density at radius 3 is 2.43 bits per heavy atom. The summed E-state index contributed by atoms with van der Waals surface area (Å²) in [5, 5.41) is 11.5. The summed E-state index contributed by atoms with van der Waals surface area (Å²) in [6.07, 6.45) is 1.07. The standard InChI is InChI=1S/C25H30N4O6/c1-4-22(23-26-21-9-6-5-8-20(21)25(31)28(23)15-17-35-3)27(14-7-16-34-2)24(30)18-10-12-19(13-11-18)29(32)33/h5-6,8-13,22H,4,7,14-17H2,1-3H3. The Labute approximate surface area is 203 Å². The van der Waals surface area contributed by atoms with E-state index in [0.29, 0.717) is 54.9 Å². The van der Waals surface area contributed by atoms with E-state index in [2.05, 4.69) is 0 Å². The van der Waals surface area contributed by atoms with Crippen LogP contribution in [-0.2, 0) is 16.0 Å². The van der Waals surface area contributed by atoms with Gasteiger partial charge in [-0.15, -0.1) is 0 Å². The third-order valence-electron chi connectivity index (χ3n) is 5.80. The number of nitrogens with zero attached hydrogens (tertiary/aromatic N) is 4. The molecule has 10 nitrogen and oxygen atoms in total. The van der Waals surface area contributed by atoms with Crippen LogP contribution in [0.3, 0.4) is 0 Å². The predicted molar refractivity (Wildman–Crippen MR) is 132 cm³/mol. The third kappa shape index (κ3) is 5.90. The van der Waals surface area contributed by atoms with Crippen molar-refractivity contribution >= 4 is 22.5 Å². The Morgan fingerprint density at radius 1 is 1.11 bits per heavy atom. The van der Waals surface area contributed by atoms with E-state index >= 15 is 0 Å². The van der Waals surface area contributed by atoms with E-state index in [0.717, 1.165) is 0 Å². The highest BCUT2D eigenvalue weighted by molar-refractivity contribution is 5.94. The van der Waals surface area contributed by atoms with Crippen molar-refractivity contribution in [1.29, 1.82) is 0 Å². The zero-order valence-electron chi connectivity index (χ0n) is 20.2. The highest BCUT2D eigenvalue weighted by atomic mass is 16.6. The fraction of sp³-hybridized carbons (Fsp3) is 0.400. The zero-order valence-corrected chi connectivity index (χ0v) is 20.2. The Hall–Kier alpha value is -3.63. The summed E-state index contributed by atoms with van der Waals surface area (Å²) < 4.78 is 12.0. The summed E-state index contributed by atoms with van der Waals surface area (Å²) in [6, 6.07) is 12.1. The number of carbonyl (C=O) groups is 1. The summed E-state index contributed by atoms with van der Waals surface area (Å²) in [6.45, 7) is 3.33. The molecule has 0 aliphatic rings. The van der Waals surface area contributed by atoms with Crippen LogP contribution in [-0.4, -0.2) is 59.3 Å². The maximum Gasteiger partial charge on any atom is 0.269 e. The van der Waals surface area contributed by atoms with Crippen LogP contribution in [0.15, 0.2) is 53.3 Å². The highest BCUT2D eigenvalue weighted by Crippen LogP contribution is 2.26. The number of methoxy groups -OCH3 is 2. The van der Waals surface area contributed by atoms with Gasteiger partial charge in [0, 0.05) is 45.1 Å². The molecule has 0 fully saturated rings. The lowest BCUT2D eigenvalue weighted by atomic mass is 10.1. The lowest BCUT2D eigenvalue weighted by Crippen LogP contribution is -2.40. The van der Waals surface area contributed by atoms with Crippen molar-refractivity contribution in [3.63, 3.8) is 0 Å². The molecule has 0 saturated carbocycles. The second-order valence-electron chi connectivity index (χ2n) is 8.01. The van der Waals surface area contributed by atoms with E-state index in [1.54, 1.807) is 41.9 Å². The Balaban J connectivity index is 2.11. The number of benzene rings is 2. The molecule has 0 aliphatic heterocycles. The molecule has 3 rings (SSSR count). The van der Waals surface area contributed by atoms with Crippen molar-refractivity contribution in [2.75, 3.05) is 34.0 Å². The minimum atomic E-state index is -0.510. The van der Waals surface area contributed by atoms with Crippen LogP contribution in [0, 0.1) is 10.1 Å². The molecule has 0 saturated heterocycles. The molecular weight excluding hydrogens is 452 g/mol. The number of nitro groups is 1. The number of rotatable bonds is 12. The molecule has 10 heteroatoms. The van der Waals surface area contributed by atoms with Crippen LogP contribution in [0.25, 0.3) is 10.9 Å². The van der Waals surface area contributed by atoms with E-state index in [9.17, 15) is 19.7 Å². The van der Waals surface area contributed by atoms with Crippen molar-refractivity contribution in [3.05, 3.63) is 80.4 Å². The zero-order chi connectivity index (χ0) is 25.4. The van der Waals surface area contributed by atoms with Crippen LogP contribution in [0.2, 0.25) is 0 Å². The first-order valence-electron chi connectivity index (χ1n) is 11.5. The first-order chi connectivity index (χ1) is 16.9. The van der Waals surface area contributed by atoms with Gasteiger partial charge in [-0.3, -0.25) is 24.3 Å². The number of para-hydroxylation sites is 1. The molecule has 1 unspecified atom stereocenters. The number of hydrogen-bond acceptors (Lipinski definition) is 7. The lowest BCUT2D eigenvalue weighted by Gasteiger charge is -2.32. The molecule has 0 aliphatic carbocycles. The second-order valence-corrected chi connectivity index (χ2v) is 8.01. The normalized spacial score (nSPS) is 12.0. The van der Waals surface area contributed by atoms with Gasteiger partial charge in [-0.1, -0.05) is 19.1 Å². The fourth-order valence-corrected chi connectivity index (χ4v) is 4.05. The van der Waals surface area contributed by atoms with Gasteiger partial charge >= 0.3 is 0 Å². The number of amides is 1. The molecule has 0 N–H and O–H groups in total. The monoisotopic (exact) mass is 482 g/mol. The quantitative estimate of drug-likeness (QED) is 0.220. The van der Waals surface area contributed by atoms with Gasteiger partial charge in [0.25, 0.3) is 17.2 Å². The molecular formula is C25H30N4O6. The minimum absolute atomic E-state index is 0.0934. The summed E-state index contributed by atoms with van der Waals surface area (Å²) in [5.74, 6) is 0.171. The number of fused-ring (bicyclic) bond motifs is 1. The topological polar surface area (TPSA) is 117 Å². The Morgan fingerprint density at radius 2 is 1.80 bits per heavy atom. The summed E-state index contributed by atoms with van der Waals surface area (Å²) in [4.78, 5) is 44.0. The van der Waals surface area contributed by atoms with Gasteiger partial charge in [-0.25, -0.2) is 4.98 Å². The lowest BCUT2D eigenvalue weighted by molar-refractivity contribution is -0.384. The van der Waals surface area contributed by atoms with E-state index in [-0.39, 0.29) is 23.7 Å². The molecule has 0 bridgehead atoms. The van der Waals surface area contributed by atoms with Crippen molar-refractivity contribution in [2.45, 2.75) is 32.4 Å². The number of hydrogen-bond donors (Lipinski definition) is 0. The molecule has 35 heavy (non-hydrogen) atoms. The first kappa shape index (κ1) is 26.0. The summed E-state index contributed by atoms with van der Waals surface area (Å²) >= 11 is 0. The van der Waals surface area contributed by atoms with Gasteiger partial charge in [0.05, 0.1) is 35.0 Å². The van der Waals surface area contributed by atoms with E-state index in [1.807, 2.05) is 13.0 Å². The van der Waals surface area contributed by atoms with Gasteiger partial charge < -0.3 is 14.4 Å². The molecule has 1 aromatic heterocycles. The SMILES string of the molecule is CCC(c1nc2ccccc2c(=O)n1CCOC)N(CCCOC)C(=O)c1ccc([N+](=O)[O-])cc1. The molecule has 2 aromatic carbocycles. The van der Waals surface area contributed by atoms with Crippen LogP contribution < -0.4 is 5.56 Å². The second kappa shape index (κ2) is 12.2. The maximum absolute atomic E-state index is 13.6. The number of carbonyl (C=O) groups excluding carboxylic acids is 1. The molecule has 1 amide bonds. The van der Waals surface area contributed by atoms with Gasteiger partial charge in [0.1, 0.15) is 5.82 Å². The van der Waals surface area contributed by atoms with Crippen LogP contribution >= 0.6 is 0 Å². The molecule has 1 atom stereocenters. The molecule has 186 valence electrons. The van der Waals surface area contributed by atoms with Crippen LogP contribution in [0.4, 0.5) is 5.69 Å². The van der Waals surface area contributed by atoms with E-state index in [1.165, 1.54) is 24.3 Å². The molecule has 1 heterocycles. The smallest absolute Gasteiger partial charge is 0.269 e. The number of aromatic nitrogens is 2. The van der Waals surface area contributed by atoms with Gasteiger partial charge in [-0.2, -0.15) is 0 Å². The molecule has 3 aromatic rings. The highest BCUT2D eigenvalue weighted by Gasteiger charge is 2.29. The van der Waals surface area contributed by atoms with Crippen LogP contribution in [0.5, 0.6) is 0 Å². The number of ether oxygens (including phenoxy) is 2. The first-order valence-corrected chi connectivity index (χ1v) is 11.5. The third-order valence-corrected chi connectivity index (χ3v) is 5.80. The Kier molecular flexibility index (Phi) is 9.04. The van der Waals surface area contributed by atoms with Crippen molar-refractivity contribution < 1.29 is 19.2 Å². The molecule has 0 radical (unpaired) electrons. The van der Waals surface area contributed by atoms with Gasteiger partial charge in [0.2, 0.25) is 0 Å². The fourth-order valence-electron chi connectivity index (χ4n) is 4.05. The van der Waals surface area contributed by atoms with Crippen molar-refractivity contribution in [1.82, 2.24) is 14.5 Å². The minimum Gasteiger partial charge on any atom is -0.385 e. The van der Waals surface area contributed by atoms with Gasteiger partial charge in [0.15, 0.2) is 0 Å². The van der Waals surface area contributed by atoms with Crippen molar-refractivity contribution in [2.24, 2.45) is 0 Å². The van der Waals surface area contributed by atoms with Gasteiger partial charge in [-0.05, 0) is 37.1 Å². The van der Waals surface area contributed by atoms with Crippen LogP contribution in [0.1, 0.15) is 42.0 Å². The average molecular weight is 483 g/mol. The summed E-state index contributed by atoms with van der Waals surface area (Å²) in [5.41, 5.74) is 0.585. The predicted octanol–water partition coefficient (Wildman–Crippen LogP) is 3.58.